The molecule has 0 fully saturated rings. The fourth-order valence-electron chi connectivity index (χ4n) is 1.85. The summed E-state index contributed by atoms with van der Waals surface area (Å²) in [5.41, 5.74) is 1.42. The first-order chi connectivity index (χ1) is 6.66. The molecule has 78 valence electrons. The molecule has 1 aliphatic rings. The van der Waals surface area contributed by atoms with Crippen molar-refractivity contribution in [2.24, 2.45) is 0 Å². The predicted octanol–water partition coefficient (Wildman–Crippen LogP) is 2.47. The van der Waals surface area contributed by atoms with Crippen LogP contribution in [0, 0.1) is 0 Å². The van der Waals surface area contributed by atoms with Crippen LogP contribution in [0.15, 0.2) is 9.85 Å². The molecule has 2 rings (SSSR count). The van der Waals surface area contributed by atoms with Gasteiger partial charge in [0.05, 0.1) is 9.89 Å². The summed E-state index contributed by atoms with van der Waals surface area (Å²) >= 11 is 5.34. The topological polar surface area (TPSA) is 32.3 Å². The third-order valence-electron chi connectivity index (χ3n) is 2.51. The summed E-state index contributed by atoms with van der Waals surface area (Å²) in [5, 5.41) is 12.6. The molecule has 2 unspecified atom stereocenters. The molecule has 0 bridgehead atoms. The van der Waals surface area contributed by atoms with Crippen molar-refractivity contribution in [1.82, 2.24) is 5.32 Å². The van der Waals surface area contributed by atoms with E-state index in [-0.39, 0.29) is 6.10 Å². The number of hydrogen-bond donors (Lipinski definition) is 2. The summed E-state index contributed by atoms with van der Waals surface area (Å²) in [7, 11) is 0. The van der Waals surface area contributed by atoms with E-state index in [9.17, 15) is 5.11 Å². The molecule has 14 heavy (non-hydrogen) atoms. The molecule has 1 aliphatic carbocycles. The molecule has 0 radical (unpaired) electrons. The van der Waals surface area contributed by atoms with Crippen molar-refractivity contribution >= 4 is 27.3 Å². The molecule has 4 heteroatoms. The lowest BCUT2D eigenvalue weighted by molar-refractivity contribution is 0.186. The van der Waals surface area contributed by atoms with E-state index in [1.54, 1.807) is 0 Å². The molecular formula is C10H14BrNOS. The van der Waals surface area contributed by atoms with Crippen molar-refractivity contribution in [3.8, 4) is 0 Å². The summed E-state index contributed by atoms with van der Waals surface area (Å²) in [6, 6.07) is 2.65. The van der Waals surface area contributed by atoms with E-state index in [2.05, 4.69) is 27.3 Å². The van der Waals surface area contributed by atoms with Crippen LogP contribution in [0.3, 0.4) is 0 Å². The van der Waals surface area contributed by atoms with E-state index >= 15 is 0 Å². The Morgan fingerprint density at radius 2 is 2.57 bits per heavy atom. The number of hydrogen-bond acceptors (Lipinski definition) is 3. The van der Waals surface area contributed by atoms with Crippen molar-refractivity contribution in [1.29, 1.82) is 0 Å². The summed E-state index contributed by atoms with van der Waals surface area (Å²) in [6.45, 7) is 2.49. The zero-order valence-electron chi connectivity index (χ0n) is 8.09. The first kappa shape index (κ1) is 10.6. The third-order valence-corrected chi connectivity index (χ3v) is 4.22. The lowest BCUT2D eigenvalue weighted by Crippen LogP contribution is -2.27. The largest absolute Gasteiger partial charge is 0.392 e. The maximum absolute atomic E-state index is 9.20. The molecule has 0 aromatic carbocycles. The average Bonchev–Trinajstić information content (AvgIpc) is 2.60. The minimum absolute atomic E-state index is 0.263. The summed E-state index contributed by atoms with van der Waals surface area (Å²) < 4.78 is 1.21. The Hall–Kier alpha value is 0.100. The van der Waals surface area contributed by atoms with E-state index in [1.807, 2.05) is 18.3 Å². The molecule has 1 heterocycles. The molecule has 0 aliphatic heterocycles. The number of aliphatic hydroxyl groups excluding tert-OH is 1. The maximum Gasteiger partial charge on any atom is 0.0704 e. The van der Waals surface area contributed by atoms with E-state index < -0.39 is 0 Å². The molecule has 0 amide bonds. The Bertz CT molecular complexity index is 324. The molecule has 0 saturated carbocycles. The number of nitrogens with one attached hydrogen (secondary N) is 1. The minimum atomic E-state index is -0.263. The van der Waals surface area contributed by atoms with Gasteiger partial charge in [0.2, 0.25) is 0 Å². The van der Waals surface area contributed by atoms with Crippen LogP contribution in [-0.4, -0.2) is 17.8 Å². The zero-order valence-corrected chi connectivity index (χ0v) is 10.5. The number of rotatable bonds is 3. The van der Waals surface area contributed by atoms with Gasteiger partial charge in [-0.25, -0.2) is 0 Å². The average molecular weight is 276 g/mol. The van der Waals surface area contributed by atoms with Gasteiger partial charge in [0.25, 0.3) is 0 Å². The number of fused-ring (bicyclic) bond motifs is 1. The second-order valence-electron chi connectivity index (χ2n) is 3.78. The van der Waals surface area contributed by atoms with E-state index in [4.69, 9.17) is 0 Å². The monoisotopic (exact) mass is 275 g/mol. The quantitative estimate of drug-likeness (QED) is 0.889. The number of aliphatic hydroxyl groups is 1. The first-order valence-electron chi connectivity index (χ1n) is 4.86. The number of thiophene rings is 1. The van der Waals surface area contributed by atoms with Crippen molar-refractivity contribution in [3.63, 3.8) is 0 Å². The Balaban J connectivity index is 2.02. The van der Waals surface area contributed by atoms with Gasteiger partial charge in [-0.3, -0.25) is 0 Å². The Labute approximate surface area is 96.5 Å². The second kappa shape index (κ2) is 4.31. The smallest absolute Gasteiger partial charge is 0.0704 e. The van der Waals surface area contributed by atoms with Gasteiger partial charge in [-0.1, -0.05) is 0 Å². The number of halogens is 1. The highest BCUT2D eigenvalue weighted by Crippen LogP contribution is 2.39. The van der Waals surface area contributed by atoms with E-state index in [1.165, 1.54) is 27.1 Å². The lowest BCUT2D eigenvalue weighted by atomic mass is 10.2. The van der Waals surface area contributed by atoms with Gasteiger partial charge in [0.1, 0.15) is 0 Å². The van der Waals surface area contributed by atoms with Crippen LogP contribution in [0.1, 0.15) is 29.8 Å². The second-order valence-corrected chi connectivity index (χ2v) is 6.29. The molecular weight excluding hydrogens is 262 g/mol. The maximum atomic E-state index is 9.20. The normalized spacial score (nSPS) is 22.4. The van der Waals surface area contributed by atoms with Gasteiger partial charge in [-0.2, -0.15) is 0 Å². The van der Waals surface area contributed by atoms with Crippen molar-refractivity contribution in [2.75, 3.05) is 6.54 Å². The molecule has 2 nitrogen and oxygen atoms in total. The van der Waals surface area contributed by atoms with Crippen molar-refractivity contribution < 1.29 is 5.11 Å². The molecule has 0 spiro atoms. The van der Waals surface area contributed by atoms with Gasteiger partial charge in [0, 0.05) is 17.5 Å². The molecule has 1 aromatic rings. The van der Waals surface area contributed by atoms with Crippen LogP contribution in [-0.2, 0) is 6.42 Å². The van der Waals surface area contributed by atoms with Crippen LogP contribution in [0.2, 0.25) is 0 Å². The van der Waals surface area contributed by atoms with Crippen molar-refractivity contribution in [2.45, 2.75) is 31.9 Å². The molecule has 0 saturated heterocycles. The Morgan fingerprint density at radius 3 is 3.29 bits per heavy atom. The predicted molar refractivity (Wildman–Crippen MR) is 62.8 cm³/mol. The summed E-state index contributed by atoms with van der Waals surface area (Å²) in [5.74, 6) is 0. The van der Waals surface area contributed by atoms with Crippen LogP contribution in [0.4, 0.5) is 0 Å². The fourth-order valence-corrected chi connectivity index (χ4v) is 3.65. The van der Waals surface area contributed by atoms with Gasteiger partial charge >= 0.3 is 0 Å². The first-order valence-corrected chi connectivity index (χ1v) is 6.47. The highest BCUT2D eigenvalue weighted by Gasteiger charge is 2.24. The fraction of sp³-hybridized carbons (Fsp3) is 0.600. The summed E-state index contributed by atoms with van der Waals surface area (Å²) in [6.07, 6.45) is 2.07. The van der Waals surface area contributed by atoms with E-state index in [0.717, 1.165) is 0 Å². The summed E-state index contributed by atoms with van der Waals surface area (Å²) in [4.78, 5) is 1.49. The van der Waals surface area contributed by atoms with Crippen molar-refractivity contribution in [3.05, 3.63) is 20.3 Å². The van der Waals surface area contributed by atoms with Crippen LogP contribution >= 0.6 is 27.3 Å². The van der Waals surface area contributed by atoms with Crippen LogP contribution < -0.4 is 5.32 Å². The van der Waals surface area contributed by atoms with Crippen LogP contribution in [0.25, 0.3) is 0 Å². The third kappa shape index (κ3) is 2.19. The minimum Gasteiger partial charge on any atom is -0.392 e. The molecule has 1 aromatic heterocycles. The van der Waals surface area contributed by atoms with Gasteiger partial charge in [-0.05, 0) is 47.3 Å². The molecule has 2 N–H and O–H groups in total. The SMILES string of the molecule is CC(O)CNC1CCc2sc(Br)cc21. The number of aryl methyl sites for hydroxylation is 1. The Kier molecular flexibility index (Phi) is 3.27. The van der Waals surface area contributed by atoms with Gasteiger partial charge in [0.15, 0.2) is 0 Å². The Morgan fingerprint density at radius 1 is 1.79 bits per heavy atom. The molecule has 2 atom stereocenters. The van der Waals surface area contributed by atoms with E-state index in [0.29, 0.717) is 12.6 Å². The zero-order chi connectivity index (χ0) is 10.1. The van der Waals surface area contributed by atoms with Gasteiger partial charge < -0.3 is 10.4 Å². The highest BCUT2D eigenvalue weighted by atomic mass is 79.9. The standard InChI is InChI=1S/C10H14BrNOS/c1-6(13)5-12-8-2-3-9-7(8)4-10(11)14-9/h4,6,8,12-13H,2-3,5H2,1H3. The van der Waals surface area contributed by atoms with Gasteiger partial charge in [-0.15, -0.1) is 11.3 Å². The highest BCUT2D eigenvalue weighted by molar-refractivity contribution is 9.11. The lowest BCUT2D eigenvalue weighted by Gasteiger charge is -2.13. The van der Waals surface area contributed by atoms with Crippen LogP contribution in [0.5, 0.6) is 0 Å².